The van der Waals surface area contributed by atoms with Crippen molar-refractivity contribution in [2.45, 2.75) is 54.6 Å². The Kier molecular flexibility index (Phi) is 5.93. The third-order valence-electron chi connectivity index (χ3n) is 5.79. The molecule has 1 aromatic carbocycles. The van der Waals surface area contributed by atoms with Gasteiger partial charge in [-0.05, 0) is 61.4 Å². The standard InChI is InChI=1S/C22H23ClN2O4S/c23-16-4-10-21(24-13-16)25-22(27)20(12-14-1-5-17(26)11-14)15-2-6-18(7-3-15)30(28,29)19-8-9-19/h2-4,6-7,10,13-14,19-20H,1,5,8-9,11-12H2,(H,24,25,27). The topological polar surface area (TPSA) is 93.2 Å². The molecule has 6 nitrogen and oxygen atoms in total. The quantitative estimate of drug-likeness (QED) is 0.689. The molecule has 1 aromatic heterocycles. The summed E-state index contributed by atoms with van der Waals surface area (Å²) in [5, 5.41) is 3.01. The number of nitrogens with one attached hydrogen (secondary N) is 1. The number of rotatable bonds is 7. The van der Waals surface area contributed by atoms with Crippen LogP contribution in [0.3, 0.4) is 0 Å². The molecule has 158 valence electrons. The lowest BCUT2D eigenvalue weighted by molar-refractivity contribution is -0.119. The summed E-state index contributed by atoms with van der Waals surface area (Å²) in [4.78, 5) is 29.2. The summed E-state index contributed by atoms with van der Waals surface area (Å²) in [6.07, 6.45) is 5.21. The first kappa shape index (κ1) is 21.0. The van der Waals surface area contributed by atoms with Gasteiger partial charge in [-0.3, -0.25) is 9.59 Å². The zero-order valence-corrected chi connectivity index (χ0v) is 18.0. The number of hydrogen-bond donors (Lipinski definition) is 1. The van der Waals surface area contributed by atoms with Crippen LogP contribution in [0.25, 0.3) is 0 Å². The maximum absolute atomic E-state index is 13.1. The molecule has 2 aliphatic carbocycles. The Morgan fingerprint density at radius 1 is 1.13 bits per heavy atom. The molecule has 0 spiro atoms. The summed E-state index contributed by atoms with van der Waals surface area (Å²) in [7, 11) is -3.28. The van der Waals surface area contributed by atoms with E-state index in [1.165, 1.54) is 6.20 Å². The third-order valence-corrected chi connectivity index (χ3v) is 8.29. The van der Waals surface area contributed by atoms with Gasteiger partial charge in [0.25, 0.3) is 0 Å². The molecule has 1 amide bonds. The molecule has 2 saturated carbocycles. The Morgan fingerprint density at radius 3 is 2.43 bits per heavy atom. The smallest absolute Gasteiger partial charge is 0.233 e. The molecule has 2 aromatic rings. The van der Waals surface area contributed by atoms with E-state index in [0.717, 1.165) is 12.0 Å². The highest BCUT2D eigenvalue weighted by Gasteiger charge is 2.37. The van der Waals surface area contributed by atoms with Crippen molar-refractivity contribution in [2.24, 2.45) is 5.92 Å². The number of Topliss-reactive ketones (excluding diaryl/α,β-unsaturated/α-hetero) is 1. The molecule has 0 aliphatic heterocycles. The second kappa shape index (κ2) is 8.47. The average molecular weight is 447 g/mol. The lowest BCUT2D eigenvalue weighted by Crippen LogP contribution is -2.23. The van der Waals surface area contributed by atoms with Gasteiger partial charge in [0.2, 0.25) is 5.91 Å². The van der Waals surface area contributed by atoms with Crippen molar-refractivity contribution in [3.05, 3.63) is 53.2 Å². The number of sulfone groups is 1. The van der Waals surface area contributed by atoms with Crippen LogP contribution < -0.4 is 5.32 Å². The summed E-state index contributed by atoms with van der Waals surface area (Å²) in [6.45, 7) is 0. The first-order chi connectivity index (χ1) is 14.3. The number of hydrogen-bond acceptors (Lipinski definition) is 5. The number of carbonyl (C=O) groups excluding carboxylic acids is 2. The summed E-state index contributed by atoms with van der Waals surface area (Å²) in [5.74, 6) is 0.0218. The number of amides is 1. The van der Waals surface area contributed by atoms with Crippen molar-refractivity contribution in [3.8, 4) is 0 Å². The molecule has 2 atom stereocenters. The maximum Gasteiger partial charge on any atom is 0.233 e. The second-order valence-electron chi connectivity index (χ2n) is 8.10. The summed E-state index contributed by atoms with van der Waals surface area (Å²) in [5.41, 5.74) is 0.732. The van der Waals surface area contributed by atoms with Crippen molar-refractivity contribution in [3.63, 3.8) is 0 Å². The van der Waals surface area contributed by atoms with Crippen LogP contribution in [0.4, 0.5) is 5.82 Å². The summed E-state index contributed by atoms with van der Waals surface area (Å²) >= 11 is 5.86. The van der Waals surface area contributed by atoms with Gasteiger partial charge in [0.1, 0.15) is 11.6 Å². The van der Waals surface area contributed by atoms with Crippen molar-refractivity contribution >= 4 is 38.9 Å². The van der Waals surface area contributed by atoms with E-state index in [0.29, 0.717) is 47.8 Å². The predicted molar refractivity (Wildman–Crippen MR) is 114 cm³/mol. The molecule has 0 bridgehead atoms. The van der Waals surface area contributed by atoms with E-state index >= 15 is 0 Å². The van der Waals surface area contributed by atoms with Gasteiger partial charge in [-0.25, -0.2) is 13.4 Å². The van der Waals surface area contributed by atoms with Crippen LogP contribution in [-0.4, -0.2) is 30.3 Å². The molecule has 2 fully saturated rings. The molecule has 1 N–H and O–H groups in total. The molecular formula is C22H23ClN2O4S. The number of aromatic nitrogens is 1. The van der Waals surface area contributed by atoms with Crippen LogP contribution in [-0.2, 0) is 19.4 Å². The average Bonchev–Trinajstić information content (AvgIpc) is 3.51. The fourth-order valence-corrected chi connectivity index (χ4v) is 5.71. The lowest BCUT2D eigenvalue weighted by atomic mass is 9.87. The predicted octanol–water partition coefficient (Wildman–Crippen LogP) is 4.15. The lowest BCUT2D eigenvalue weighted by Gasteiger charge is -2.20. The number of benzene rings is 1. The zero-order valence-electron chi connectivity index (χ0n) is 16.4. The van der Waals surface area contributed by atoms with Crippen molar-refractivity contribution in [2.75, 3.05) is 5.32 Å². The zero-order chi connectivity index (χ0) is 21.3. The maximum atomic E-state index is 13.1. The summed E-state index contributed by atoms with van der Waals surface area (Å²) in [6, 6.07) is 9.87. The number of ketones is 1. The van der Waals surface area contributed by atoms with Crippen LogP contribution in [0, 0.1) is 5.92 Å². The Morgan fingerprint density at radius 2 is 1.87 bits per heavy atom. The third kappa shape index (κ3) is 4.73. The van der Waals surface area contributed by atoms with Crippen LogP contribution in [0.1, 0.15) is 50.0 Å². The summed E-state index contributed by atoms with van der Waals surface area (Å²) < 4.78 is 24.9. The fourth-order valence-electron chi connectivity index (χ4n) is 3.94. The molecule has 1 heterocycles. The van der Waals surface area contributed by atoms with Crippen molar-refractivity contribution in [1.29, 1.82) is 0 Å². The minimum absolute atomic E-state index is 0.140. The minimum Gasteiger partial charge on any atom is -0.310 e. The highest BCUT2D eigenvalue weighted by molar-refractivity contribution is 7.92. The minimum atomic E-state index is -3.28. The van der Waals surface area contributed by atoms with E-state index in [2.05, 4.69) is 10.3 Å². The number of nitrogens with zero attached hydrogens (tertiary/aromatic N) is 1. The first-order valence-electron chi connectivity index (χ1n) is 10.1. The Labute approximate surface area is 181 Å². The Balaban J connectivity index is 1.56. The second-order valence-corrected chi connectivity index (χ2v) is 10.8. The fraction of sp³-hybridized carbons (Fsp3) is 0.409. The first-order valence-corrected chi connectivity index (χ1v) is 12.0. The normalized spacial score (nSPS) is 20.2. The van der Waals surface area contributed by atoms with E-state index in [1.54, 1.807) is 36.4 Å². The molecule has 8 heteroatoms. The van der Waals surface area contributed by atoms with E-state index in [-0.39, 0.29) is 22.9 Å². The Bertz CT molecular complexity index is 1050. The van der Waals surface area contributed by atoms with Crippen molar-refractivity contribution in [1.82, 2.24) is 4.98 Å². The van der Waals surface area contributed by atoms with Crippen LogP contribution in [0.15, 0.2) is 47.5 Å². The highest BCUT2D eigenvalue weighted by Crippen LogP contribution is 2.36. The van der Waals surface area contributed by atoms with Crippen molar-refractivity contribution < 1.29 is 18.0 Å². The molecule has 0 saturated heterocycles. The van der Waals surface area contributed by atoms with Gasteiger partial charge in [0.05, 0.1) is 21.1 Å². The van der Waals surface area contributed by atoms with Gasteiger partial charge in [0.15, 0.2) is 9.84 Å². The Hall–Kier alpha value is -2.25. The molecule has 30 heavy (non-hydrogen) atoms. The van der Waals surface area contributed by atoms with Crippen LogP contribution in [0.5, 0.6) is 0 Å². The van der Waals surface area contributed by atoms with Gasteiger partial charge in [-0.15, -0.1) is 0 Å². The number of carbonyl (C=O) groups is 2. The monoisotopic (exact) mass is 446 g/mol. The van der Waals surface area contributed by atoms with Gasteiger partial charge < -0.3 is 5.32 Å². The van der Waals surface area contributed by atoms with E-state index in [9.17, 15) is 18.0 Å². The largest absolute Gasteiger partial charge is 0.310 e. The van der Waals surface area contributed by atoms with Crippen LogP contribution >= 0.6 is 11.6 Å². The molecule has 2 aliphatic rings. The van der Waals surface area contributed by atoms with E-state index in [4.69, 9.17) is 11.6 Å². The van der Waals surface area contributed by atoms with E-state index in [1.807, 2.05) is 0 Å². The molecule has 0 radical (unpaired) electrons. The SMILES string of the molecule is O=C1CCC(CC(C(=O)Nc2ccc(Cl)cn2)c2ccc(S(=O)(=O)C3CC3)cc2)C1. The molecular weight excluding hydrogens is 424 g/mol. The van der Waals surface area contributed by atoms with Crippen LogP contribution in [0.2, 0.25) is 5.02 Å². The highest BCUT2D eigenvalue weighted by atomic mass is 35.5. The number of anilines is 1. The van der Waals surface area contributed by atoms with Gasteiger partial charge in [-0.2, -0.15) is 0 Å². The van der Waals surface area contributed by atoms with E-state index < -0.39 is 15.8 Å². The molecule has 4 rings (SSSR count). The number of pyridine rings is 1. The van der Waals surface area contributed by atoms with Gasteiger partial charge in [-0.1, -0.05) is 23.7 Å². The molecule has 2 unspecified atom stereocenters. The number of halogens is 1. The van der Waals surface area contributed by atoms with Gasteiger partial charge >= 0.3 is 0 Å². The van der Waals surface area contributed by atoms with Gasteiger partial charge in [0, 0.05) is 19.0 Å².